The fourth-order valence-electron chi connectivity index (χ4n) is 3.82. The molecule has 2 heterocycles. The molecular formula is C25H22F3N5O2. The highest BCUT2D eigenvalue weighted by atomic mass is 19.4. The van der Waals surface area contributed by atoms with Gasteiger partial charge in [-0.15, -0.1) is 0 Å². The summed E-state index contributed by atoms with van der Waals surface area (Å²) < 4.78 is 46.5. The lowest BCUT2D eigenvalue weighted by Gasteiger charge is -2.23. The number of amides is 2. The topological polar surface area (TPSA) is 81.1 Å². The van der Waals surface area contributed by atoms with E-state index in [0.717, 1.165) is 34.9 Å². The van der Waals surface area contributed by atoms with Crippen LogP contribution in [0.3, 0.4) is 0 Å². The molecule has 7 nitrogen and oxygen atoms in total. The fourth-order valence-corrected chi connectivity index (χ4v) is 3.82. The van der Waals surface area contributed by atoms with Gasteiger partial charge in [-0.2, -0.15) is 13.2 Å². The van der Waals surface area contributed by atoms with Crippen molar-refractivity contribution in [3.8, 4) is 5.75 Å². The van der Waals surface area contributed by atoms with Gasteiger partial charge in [-0.3, -0.25) is 4.98 Å². The zero-order chi connectivity index (χ0) is 25.0. The lowest BCUT2D eigenvalue weighted by Crippen LogP contribution is -2.21. The number of hydrogen-bond donors (Lipinski definition) is 2. The predicted octanol–water partition coefficient (Wildman–Crippen LogP) is 5.90. The van der Waals surface area contributed by atoms with E-state index >= 15 is 0 Å². The van der Waals surface area contributed by atoms with Crippen LogP contribution in [0.1, 0.15) is 28.3 Å². The minimum atomic E-state index is -4.56. The van der Waals surface area contributed by atoms with Crippen molar-refractivity contribution in [2.45, 2.75) is 19.1 Å². The summed E-state index contributed by atoms with van der Waals surface area (Å²) in [5.41, 5.74) is 2.17. The number of pyridine rings is 1. The molecular weight excluding hydrogens is 459 g/mol. The first-order valence-corrected chi connectivity index (χ1v) is 10.6. The zero-order valence-corrected chi connectivity index (χ0v) is 18.9. The average molecular weight is 481 g/mol. The van der Waals surface area contributed by atoms with Gasteiger partial charge in [-0.05, 0) is 60.0 Å². The van der Waals surface area contributed by atoms with E-state index in [9.17, 15) is 18.0 Å². The molecule has 4 rings (SSSR count). The number of rotatable bonds is 6. The van der Waals surface area contributed by atoms with Gasteiger partial charge in [0.15, 0.2) is 0 Å². The molecule has 2 N–H and O–H groups in total. The SMILES string of the molecule is COc1ccc(C(F)(F)F)cc1NC(=O)Nc1cccc(C(c2ccncc2)n2ccnc2)c1C. The van der Waals surface area contributed by atoms with Crippen molar-refractivity contribution in [3.05, 3.63) is 102 Å². The smallest absolute Gasteiger partial charge is 0.416 e. The Bertz CT molecular complexity index is 1310. The Morgan fingerprint density at radius 3 is 2.40 bits per heavy atom. The third kappa shape index (κ3) is 5.26. The van der Waals surface area contributed by atoms with E-state index in [4.69, 9.17) is 4.74 Å². The predicted molar refractivity (Wildman–Crippen MR) is 126 cm³/mol. The molecule has 0 saturated carbocycles. The number of imidazole rings is 1. The summed E-state index contributed by atoms with van der Waals surface area (Å²) in [6, 6.07) is 11.2. The number of ether oxygens (including phenoxy) is 1. The van der Waals surface area contributed by atoms with E-state index in [1.165, 1.54) is 7.11 Å². The van der Waals surface area contributed by atoms with Gasteiger partial charge in [-0.25, -0.2) is 9.78 Å². The molecule has 10 heteroatoms. The average Bonchev–Trinajstić information content (AvgIpc) is 3.36. The maximum absolute atomic E-state index is 13.1. The number of aromatic nitrogens is 3. The summed E-state index contributed by atoms with van der Waals surface area (Å²) in [5.74, 6) is 0.108. The second-order valence-electron chi connectivity index (χ2n) is 7.70. The Kier molecular flexibility index (Phi) is 6.72. The van der Waals surface area contributed by atoms with E-state index in [1.54, 1.807) is 37.1 Å². The number of urea groups is 1. The van der Waals surface area contributed by atoms with Crippen molar-refractivity contribution in [1.29, 1.82) is 0 Å². The molecule has 0 spiro atoms. The largest absolute Gasteiger partial charge is 0.495 e. The minimum absolute atomic E-state index is 0.0956. The van der Waals surface area contributed by atoms with Gasteiger partial charge in [-0.1, -0.05) is 12.1 Å². The van der Waals surface area contributed by atoms with Crippen LogP contribution in [0.4, 0.5) is 29.3 Å². The van der Waals surface area contributed by atoms with Crippen LogP contribution in [0.15, 0.2) is 79.6 Å². The maximum Gasteiger partial charge on any atom is 0.416 e. The molecule has 0 aliphatic carbocycles. The van der Waals surface area contributed by atoms with E-state index in [2.05, 4.69) is 20.6 Å². The van der Waals surface area contributed by atoms with E-state index in [0.29, 0.717) is 5.69 Å². The molecule has 2 aromatic carbocycles. The standard InChI is InChI=1S/C25H22F3N5O2/c1-16-19(23(33-13-12-30-15-33)17-8-10-29-11-9-17)4-3-5-20(16)31-24(34)32-21-14-18(25(26,27)28)6-7-22(21)35-2/h3-15,23H,1-2H3,(H2,31,32,34). The van der Waals surface area contributed by atoms with Gasteiger partial charge in [0.05, 0.1) is 30.7 Å². The van der Waals surface area contributed by atoms with Crippen molar-refractivity contribution >= 4 is 17.4 Å². The molecule has 180 valence electrons. The van der Waals surface area contributed by atoms with Crippen molar-refractivity contribution in [1.82, 2.24) is 14.5 Å². The summed E-state index contributed by atoms with van der Waals surface area (Å²) in [7, 11) is 1.31. The number of alkyl halides is 3. The fraction of sp³-hybridized carbons (Fsp3) is 0.160. The lowest BCUT2D eigenvalue weighted by molar-refractivity contribution is -0.137. The van der Waals surface area contributed by atoms with Crippen LogP contribution >= 0.6 is 0 Å². The third-order valence-corrected chi connectivity index (χ3v) is 5.54. The first-order chi connectivity index (χ1) is 16.8. The maximum atomic E-state index is 13.1. The normalized spacial score (nSPS) is 12.1. The Morgan fingerprint density at radius 1 is 1.00 bits per heavy atom. The van der Waals surface area contributed by atoms with Gasteiger partial charge in [0.25, 0.3) is 0 Å². The first kappa shape index (κ1) is 23.8. The number of anilines is 2. The molecule has 0 radical (unpaired) electrons. The number of nitrogens with zero attached hydrogens (tertiary/aromatic N) is 3. The summed E-state index contributed by atoms with van der Waals surface area (Å²) in [6.07, 6.45) is 4.08. The first-order valence-electron chi connectivity index (χ1n) is 10.6. The number of carbonyl (C=O) groups excluding carboxylic acids is 1. The third-order valence-electron chi connectivity index (χ3n) is 5.54. The van der Waals surface area contributed by atoms with Crippen LogP contribution in [0.25, 0.3) is 0 Å². The van der Waals surface area contributed by atoms with Gasteiger partial charge in [0.2, 0.25) is 0 Å². The molecule has 0 saturated heterocycles. The summed E-state index contributed by atoms with van der Waals surface area (Å²) in [6.45, 7) is 1.86. The Hall–Kier alpha value is -4.34. The van der Waals surface area contributed by atoms with Crippen LogP contribution in [0.2, 0.25) is 0 Å². The van der Waals surface area contributed by atoms with Crippen LogP contribution in [0.5, 0.6) is 5.75 Å². The second kappa shape index (κ2) is 9.88. The number of carbonyl (C=O) groups is 1. The van der Waals surface area contributed by atoms with E-state index < -0.39 is 17.8 Å². The number of hydrogen-bond acceptors (Lipinski definition) is 4. The number of methoxy groups -OCH3 is 1. The Labute approximate surface area is 199 Å². The second-order valence-corrected chi connectivity index (χ2v) is 7.70. The van der Waals surface area contributed by atoms with Crippen molar-refractivity contribution in [2.24, 2.45) is 0 Å². The molecule has 0 aliphatic rings. The number of halogens is 3. The van der Waals surface area contributed by atoms with Gasteiger partial charge < -0.3 is 19.9 Å². The van der Waals surface area contributed by atoms with Gasteiger partial charge >= 0.3 is 12.2 Å². The van der Waals surface area contributed by atoms with Crippen LogP contribution < -0.4 is 15.4 Å². The molecule has 4 aromatic rings. The highest BCUT2D eigenvalue weighted by Gasteiger charge is 2.31. The van der Waals surface area contributed by atoms with Crippen LogP contribution in [-0.4, -0.2) is 27.7 Å². The van der Waals surface area contributed by atoms with Gasteiger partial charge in [0, 0.05) is 30.5 Å². The zero-order valence-electron chi connectivity index (χ0n) is 18.9. The molecule has 2 amide bonds. The highest BCUT2D eigenvalue weighted by Crippen LogP contribution is 2.35. The molecule has 1 atom stereocenters. The number of nitrogens with one attached hydrogen (secondary N) is 2. The minimum Gasteiger partial charge on any atom is -0.495 e. The monoisotopic (exact) mass is 481 g/mol. The molecule has 0 aliphatic heterocycles. The summed E-state index contributed by atoms with van der Waals surface area (Å²) in [5, 5.41) is 5.20. The highest BCUT2D eigenvalue weighted by molar-refractivity contribution is 6.01. The van der Waals surface area contributed by atoms with Crippen LogP contribution in [0, 0.1) is 6.92 Å². The molecule has 2 aromatic heterocycles. The molecule has 0 fully saturated rings. The Balaban J connectivity index is 1.63. The van der Waals surface area contributed by atoms with Gasteiger partial charge in [0.1, 0.15) is 5.75 Å². The van der Waals surface area contributed by atoms with Crippen molar-refractivity contribution in [3.63, 3.8) is 0 Å². The summed E-state index contributed by atoms with van der Waals surface area (Å²) >= 11 is 0. The van der Waals surface area contributed by atoms with Crippen molar-refractivity contribution in [2.75, 3.05) is 17.7 Å². The Morgan fingerprint density at radius 2 is 1.74 bits per heavy atom. The molecule has 1 unspecified atom stereocenters. The van der Waals surface area contributed by atoms with E-state index in [-0.39, 0.29) is 17.5 Å². The lowest BCUT2D eigenvalue weighted by atomic mass is 9.94. The number of benzene rings is 2. The van der Waals surface area contributed by atoms with Crippen LogP contribution in [-0.2, 0) is 6.18 Å². The molecule has 0 bridgehead atoms. The van der Waals surface area contributed by atoms with E-state index in [1.807, 2.05) is 35.9 Å². The summed E-state index contributed by atoms with van der Waals surface area (Å²) in [4.78, 5) is 21.0. The quantitative estimate of drug-likeness (QED) is 0.360. The molecule has 35 heavy (non-hydrogen) atoms. The van der Waals surface area contributed by atoms with Crippen molar-refractivity contribution < 1.29 is 22.7 Å².